The molecule has 2 aromatic carbocycles. The summed E-state index contributed by atoms with van der Waals surface area (Å²) in [5, 5.41) is 0. The van der Waals surface area contributed by atoms with Crippen LogP contribution in [-0.2, 0) is 12.0 Å². The SMILES string of the molecule is CC(C)(C)c1ccc(COc2ccc(N)cc2F)cc1. The second-order valence-corrected chi connectivity index (χ2v) is 5.93. The Balaban J connectivity index is 2.04. The molecular weight excluding hydrogens is 253 g/mol. The molecule has 2 N–H and O–H groups in total. The number of rotatable bonds is 3. The van der Waals surface area contributed by atoms with Crippen molar-refractivity contribution in [2.24, 2.45) is 0 Å². The van der Waals surface area contributed by atoms with Gasteiger partial charge in [0.1, 0.15) is 6.61 Å². The van der Waals surface area contributed by atoms with Gasteiger partial charge in [0.2, 0.25) is 0 Å². The zero-order valence-electron chi connectivity index (χ0n) is 12.1. The van der Waals surface area contributed by atoms with Crippen LogP contribution in [-0.4, -0.2) is 0 Å². The Morgan fingerprint density at radius 3 is 2.25 bits per heavy atom. The molecular formula is C17H20FNO. The van der Waals surface area contributed by atoms with Crippen LogP contribution in [0.5, 0.6) is 5.75 Å². The average molecular weight is 273 g/mol. The zero-order valence-corrected chi connectivity index (χ0v) is 12.1. The molecule has 20 heavy (non-hydrogen) atoms. The normalized spacial score (nSPS) is 11.4. The molecule has 0 aliphatic rings. The third kappa shape index (κ3) is 3.50. The first kappa shape index (κ1) is 14.4. The molecule has 0 heterocycles. The van der Waals surface area contributed by atoms with Crippen LogP contribution in [0.3, 0.4) is 0 Å². The summed E-state index contributed by atoms with van der Waals surface area (Å²) in [5.74, 6) is -0.213. The highest BCUT2D eigenvalue weighted by Gasteiger charge is 2.13. The fourth-order valence-corrected chi connectivity index (χ4v) is 1.90. The zero-order chi connectivity index (χ0) is 14.8. The van der Waals surface area contributed by atoms with Crippen molar-refractivity contribution in [2.75, 3.05) is 5.73 Å². The minimum Gasteiger partial charge on any atom is -0.486 e. The molecule has 0 saturated heterocycles. The standard InChI is InChI=1S/C17H20FNO/c1-17(2,3)13-6-4-12(5-7-13)11-20-16-9-8-14(19)10-15(16)18/h4-10H,11,19H2,1-3H3. The average Bonchev–Trinajstić information content (AvgIpc) is 2.37. The number of nitrogen functional groups attached to an aromatic ring is 1. The first-order valence-electron chi connectivity index (χ1n) is 6.63. The van der Waals surface area contributed by atoms with E-state index in [1.165, 1.54) is 11.6 Å². The molecule has 0 bridgehead atoms. The van der Waals surface area contributed by atoms with Gasteiger partial charge in [0.05, 0.1) is 0 Å². The van der Waals surface area contributed by atoms with E-state index < -0.39 is 5.82 Å². The first-order valence-corrected chi connectivity index (χ1v) is 6.63. The van der Waals surface area contributed by atoms with Gasteiger partial charge in [0.15, 0.2) is 11.6 Å². The van der Waals surface area contributed by atoms with E-state index in [1.807, 2.05) is 12.1 Å². The maximum atomic E-state index is 13.6. The number of hydrogen-bond donors (Lipinski definition) is 1. The Labute approximate surface area is 119 Å². The second kappa shape index (κ2) is 5.53. The lowest BCUT2D eigenvalue weighted by molar-refractivity contribution is 0.290. The molecule has 0 aliphatic heterocycles. The van der Waals surface area contributed by atoms with Crippen molar-refractivity contribution >= 4 is 5.69 Å². The fourth-order valence-electron chi connectivity index (χ4n) is 1.90. The number of anilines is 1. The Hall–Kier alpha value is -2.03. The van der Waals surface area contributed by atoms with E-state index >= 15 is 0 Å². The maximum absolute atomic E-state index is 13.6. The summed E-state index contributed by atoms with van der Waals surface area (Å²) in [6.45, 7) is 6.85. The molecule has 0 spiro atoms. The molecule has 106 valence electrons. The van der Waals surface area contributed by atoms with E-state index in [1.54, 1.807) is 12.1 Å². The summed E-state index contributed by atoms with van der Waals surface area (Å²) < 4.78 is 19.0. The van der Waals surface area contributed by atoms with Crippen molar-refractivity contribution in [3.8, 4) is 5.75 Å². The Morgan fingerprint density at radius 2 is 1.70 bits per heavy atom. The third-order valence-electron chi connectivity index (χ3n) is 3.17. The topological polar surface area (TPSA) is 35.2 Å². The van der Waals surface area contributed by atoms with Crippen molar-refractivity contribution in [2.45, 2.75) is 32.8 Å². The lowest BCUT2D eigenvalue weighted by Gasteiger charge is -2.19. The van der Waals surface area contributed by atoms with Crippen LogP contribution in [0.15, 0.2) is 42.5 Å². The largest absolute Gasteiger partial charge is 0.486 e. The van der Waals surface area contributed by atoms with Crippen LogP contribution in [0.2, 0.25) is 0 Å². The number of halogens is 1. The van der Waals surface area contributed by atoms with Crippen LogP contribution in [0, 0.1) is 5.82 Å². The van der Waals surface area contributed by atoms with Gasteiger partial charge in [-0.2, -0.15) is 0 Å². The maximum Gasteiger partial charge on any atom is 0.167 e. The van der Waals surface area contributed by atoms with Crippen molar-refractivity contribution < 1.29 is 9.13 Å². The van der Waals surface area contributed by atoms with Gasteiger partial charge in [-0.25, -0.2) is 4.39 Å². The van der Waals surface area contributed by atoms with Gasteiger partial charge in [-0.15, -0.1) is 0 Å². The predicted octanol–water partition coefficient (Wildman–Crippen LogP) is 4.28. The van der Waals surface area contributed by atoms with Gasteiger partial charge in [-0.1, -0.05) is 45.0 Å². The highest BCUT2D eigenvalue weighted by molar-refractivity contribution is 5.42. The van der Waals surface area contributed by atoms with Crippen LogP contribution in [0.1, 0.15) is 31.9 Å². The van der Waals surface area contributed by atoms with Crippen molar-refractivity contribution in [1.82, 2.24) is 0 Å². The van der Waals surface area contributed by atoms with E-state index in [9.17, 15) is 4.39 Å². The van der Waals surface area contributed by atoms with Gasteiger partial charge in [-0.3, -0.25) is 0 Å². The summed E-state index contributed by atoms with van der Waals surface area (Å²) in [7, 11) is 0. The van der Waals surface area contributed by atoms with Gasteiger partial charge >= 0.3 is 0 Å². The first-order chi connectivity index (χ1) is 9.36. The molecule has 0 amide bonds. The quantitative estimate of drug-likeness (QED) is 0.847. The van der Waals surface area contributed by atoms with Crippen molar-refractivity contribution in [3.63, 3.8) is 0 Å². The van der Waals surface area contributed by atoms with E-state index in [-0.39, 0.29) is 11.2 Å². The third-order valence-corrected chi connectivity index (χ3v) is 3.17. The predicted molar refractivity (Wildman–Crippen MR) is 80.3 cm³/mol. The van der Waals surface area contributed by atoms with E-state index in [2.05, 4.69) is 32.9 Å². The van der Waals surface area contributed by atoms with Crippen LogP contribution in [0.25, 0.3) is 0 Å². The van der Waals surface area contributed by atoms with E-state index in [0.29, 0.717) is 12.3 Å². The van der Waals surface area contributed by atoms with Crippen molar-refractivity contribution in [1.29, 1.82) is 0 Å². The summed E-state index contributed by atoms with van der Waals surface area (Å²) in [6.07, 6.45) is 0. The lowest BCUT2D eigenvalue weighted by atomic mass is 9.87. The van der Waals surface area contributed by atoms with Gasteiger partial charge in [-0.05, 0) is 28.7 Å². The van der Waals surface area contributed by atoms with Gasteiger partial charge in [0.25, 0.3) is 0 Å². The summed E-state index contributed by atoms with van der Waals surface area (Å²) >= 11 is 0. The van der Waals surface area contributed by atoms with Crippen molar-refractivity contribution in [3.05, 3.63) is 59.4 Å². The molecule has 0 radical (unpaired) electrons. The number of ether oxygens (including phenoxy) is 1. The van der Waals surface area contributed by atoms with Gasteiger partial charge < -0.3 is 10.5 Å². The minimum absolute atomic E-state index is 0.127. The molecule has 0 fully saturated rings. The highest BCUT2D eigenvalue weighted by Crippen LogP contribution is 2.23. The lowest BCUT2D eigenvalue weighted by Crippen LogP contribution is -2.10. The summed E-state index contributed by atoms with van der Waals surface area (Å²) in [4.78, 5) is 0. The monoisotopic (exact) mass is 273 g/mol. The Morgan fingerprint density at radius 1 is 1.05 bits per heavy atom. The molecule has 0 atom stereocenters. The molecule has 0 aliphatic carbocycles. The number of hydrogen-bond acceptors (Lipinski definition) is 2. The number of nitrogens with two attached hydrogens (primary N) is 1. The van der Waals surface area contributed by atoms with Gasteiger partial charge in [0, 0.05) is 11.8 Å². The van der Waals surface area contributed by atoms with Crippen LogP contribution in [0.4, 0.5) is 10.1 Å². The highest BCUT2D eigenvalue weighted by atomic mass is 19.1. The fraction of sp³-hybridized carbons (Fsp3) is 0.294. The molecule has 2 aromatic rings. The molecule has 3 heteroatoms. The second-order valence-electron chi connectivity index (χ2n) is 5.93. The number of benzene rings is 2. The molecule has 0 saturated carbocycles. The summed E-state index contributed by atoms with van der Waals surface area (Å²) in [6, 6.07) is 12.6. The van der Waals surface area contributed by atoms with Crippen LogP contribution >= 0.6 is 0 Å². The summed E-state index contributed by atoms with van der Waals surface area (Å²) in [5.41, 5.74) is 8.29. The van der Waals surface area contributed by atoms with E-state index in [0.717, 1.165) is 5.56 Å². The van der Waals surface area contributed by atoms with Crippen LogP contribution < -0.4 is 10.5 Å². The molecule has 2 nitrogen and oxygen atoms in total. The Kier molecular flexibility index (Phi) is 3.98. The van der Waals surface area contributed by atoms with E-state index in [4.69, 9.17) is 10.5 Å². The molecule has 0 unspecified atom stereocenters. The molecule has 2 rings (SSSR count). The Bertz CT molecular complexity index is 585. The smallest absolute Gasteiger partial charge is 0.167 e. The minimum atomic E-state index is -0.434. The molecule has 0 aromatic heterocycles.